The minimum absolute atomic E-state index is 0.0617. The Morgan fingerprint density at radius 3 is 2.06 bits per heavy atom. The molecule has 1 aliphatic heterocycles. The largest absolute Gasteiger partial charge is 0.460 e. The first-order chi connectivity index (χ1) is 22.7. The number of hydrogen-bond donors (Lipinski definition) is 3. The second kappa shape index (κ2) is 14.5. The van der Waals surface area contributed by atoms with Crippen molar-refractivity contribution < 1.29 is 38.2 Å². The Morgan fingerprint density at radius 2 is 1.51 bits per heavy atom. The summed E-state index contributed by atoms with van der Waals surface area (Å²) in [7, 11) is 0. The number of esters is 1. The van der Waals surface area contributed by atoms with Gasteiger partial charge in [0.25, 0.3) is 5.91 Å². The molecule has 0 aromatic heterocycles. The van der Waals surface area contributed by atoms with E-state index in [0.29, 0.717) is 25.8 Å². The molecule has 2 aliphatic carbocycles. The molecule has 1 aromatic rings. The van der Waals surface area contributed by atoms with Gasteiger partial charge in [-0.25, -0.2) is 4.79 Å². The summed E-state index contributed by atoms with van der Waals surface area (Å²) in [4.78, 5) is 81.3. The molecular formula is C37H54N4O8. The third-order valence-electron chi connectivity index (χ3n) is 9.72. The first-order valence-corrected chi connectivity index (χ1v) is 17.4. The van der Waals surface area contributed by atoms with E-state index in [0.717, 1.165) is 11.1 Å². The summed E-state index contributed by atoms with van der Waals surface area (Å²) in [5.74, 6) is -3.46. The van der Waals surface area contributed by atoms with Crippen molar-refractivity contribution in [3.8, 4) is 0 Å². The highest BCUT2D eigenvalue weighted by Crippen LogP contribution is 2.65. The number of alkyl carbamates (subject to hydrolysis) is 1. The van der Waals surface area contributed by atoms with Crippen LogP contribution in [0.1, 0.15) is 92.7 Å². The van der Waals surface area contributed by atoms with E-state index in [9.17, 15) is 28.8 Å². The third kappa shape index (κ3) is 9.19. The van der Waals surface area contributed by atoms with Crippen LogP contribution in [-0.2, 0) is 46.3 Å². The van der Waals surface area contributed by atoms with Gasteiger partial charge in [0, 0.05) is 13.1 Å². The molecule has 1 saturated carbocycles. The van der Waals surface area contributed by atoms with E-state index >= 15 is 0 Å². The number of nitrogens with one attached hydrogen (secondary N) is 3. The van der Waals surface area contributed by atoms with Crippen LogP contribution in [0.15, 0.2) is 24.3 Å². The maximum Gasteiger partial charge on any atom is 0.408 e. The van der Waals surface area contributed by atoms with Crippen LogP contribution < -0.4 is 16.0 Å². The average molecular weight is 683 g/mol. The zero-order valence-corrected chi connectivity index (χ0v) is 30.4. The van der Waals surface area contributed by atoms with Gasteiger partial charge in [-0.2, -0.15) is 0 Å². The van der Waals surface area contributed by atoms with Crippen LogP contribution in [0.3, 0.4) is 0 Å². The molecule has 3 N–H and O–H groups in total. The second-order valence-corrected chi connectivity index (χ2v) is 16.3. The molecule has 5 atom stereocenters. The number of Topliss-reactive ketones (excluding diaryl/α,β-unsaturated/α-hetero) is 1. The fourth-order valence-electron chi connectivity index (χ4n) is 7.37. The Balaban J connectivity index is 1.50. The highest BCUT2D eigenvalue weighted by atomic mass is 16.6. The van der Waals surface area contributed by atoms with Gasteiger partial charge >= 0.3 is 12.1 Å². The molecule has 3 aliphatic rings. The van der Waals surface area contributed by atoms with E-state index in [2.05, 4.69) is 29.8 Å². The highest BCUT2D eigenvalue weighted by Gasteiger charge is 2.69. The number of carbonyl (C=O) groups excluding carboxylic acids is 6. The maximum absolute atomic E-state index is 14.5. The summed E-state index contributed by atoms with van der Waals surface area (Å²) < 4.78 is 10.8. The summed E-state index contributed by atoms with van der Waals surface area (Å²) in [6.45, 7) is 16.7. The standard InChI is InChI=1S/C37H54N4O8/c1-10-13-25(30(43)32(45)38-17-16-26(42)48-35(2,3)4)39-31(44)29-27-24(37(27,8)9)20-41(29)33(46)28(40-34(47)49-36(5,6)7)23-18-21-14-11-12-15-22(21)19-23/h11-12,14-15,23-25,27-29H,10,13,16-20H2,1-9H3,(H,38,45)(H,39,44)(H,40,47)/t24?,25?,27?,28-,29?/m0/s1. The van der Waals surface area contributed by atoms with Crippen LogP contribution in [0.25, 0.3) is 0 Å². The number of fused-ring (bicyclic) bond motifs is 2. The summed E-state index contributed by atoms with van der Waals surface area (Å²) in [5.41, 5.74) is 0.564. The van der Waals surface area contributed by atoms with Gasteiger partial charge in [-0.05, 0) is 95.1 Å². The molecule has 0 radical (unpaired) electrons. The normalized spacial score (nSPS) is 22.2. The summed E-state index contributed by atoms with van der Waals surface area (Å²) in [5, 5.41) is 8.11. The number of nitrogens with zero attached hydrogens (tertiary/aromatic N) is 1. The lowest BCUT2D eigenvalue weighted by molar-refractivity contribution is -0.154. The van der Waals surface area contributed by atoms with E-state index in [4.69, 9.17) is 9.47 Å². The molecule has 0 spiro atoms. The Bertz CT molecular complexity index is 1430. The van der Waals surface area contributed by atoms with Gasteiger partial charge in [0.2, 0.25) is 17.6 Å². The van der Waals surface area contributed by atoms with Gasteiger partial charge < -0.3 is 30.3 Å². The number of benzene rings is 1. The van der Waals surface area contributed by atoms with Crippen molar-refractivity contribution in [3.05, 3.63) is 35.4 Å². The lowest BCUT2D eigenvalue weighted by Crippen LogP contribution is -2.59. The van der Waals surface area contributed by atoms with E-state index in [1.165, 1.54) is 0 Å². The number of piperidine rings is 1. The summed E-state index contributed by atoms with van der Waals surface area (Å²) >= 11 is 0. The third-order valence-corrected chi connectivity index (χ3v) is 9.72. The Morgan fingerprint density at radius 1 is 0.918 bits per heavy atom. The van der Waals surface area contributed by atoms with E-state index in [-0.39, 0.29) is 48.5 Å². The Kier molecular flexibility index (Phi) is 11.2. The van der Waals surface area contributed by atoms with E-state index in [1.807, 2.05) is 31.2 Å². The van der Waals surface area contributed by atoms with Crippen molar-refractivity contribution >= 4 is 35.6 Å². The van der Waals surface area contributed by atoms with Crippen LogP contribution >= 0.6 is 0 Å². The van der Waals surface area contributed by atoms with Crippen molar-refractivity contribution in [3.63, 3.8) is 0 Å². The number of likely N-dealkylation sites (tertiary alicyclic amines) is 1. The van der Waals surface area contributed by atoms with Crippen molar-refractivity contribution in [2.75, 3.05) is 13.1 Å². The van der Waals surface area contributed by atoms with Crippen molar-refractivity contribution in [2.45, 2.75) is 124 Å². The number of ether oxygens (including phenoxy) is 2. The molecule has 1 heterocycles. The molecular weight excluding hydrogens is 628 g/mol. The molecule has 2 fully saturated rings. The summed E-state index contributed by atoms with van der Waals surface area (Å²) in [6.07, 6.45) is 1.08. The van der Waals surface area contributed by atoms with Gasteiger partial charge in [0.05, 0.1) is 12.5 Å². The van der Waals surface area contributed by atoms with Crippen molar-refractivity contribution in [1.82, 2.24) is 20.9 Å². The quantitative estimate of drug-likeness (QED) is 0.223. The lowest BCUT2D eigenvalue weighted by Gasteiger charge is -2.35. The molecule has 49 heavy (non-hydrogen) atoms. The van der Waals surface area contributed by atoms with Gasteiger partial charge in [-0.15, -0.1) is 0 Å². The number of hydrogen-bond acceptors (Lipinski definition) is 8. The average Bonchev–Trinajstić information content (AvgIpc) is 3.33. The number of ketones is 1. The lowest BCUT2D eigenvalue weighted by atomic mass is 9.93. The SMILES string of the molecule is CCCC(NC(=O)C1C2C(CN1C(=O)[C@@H](NC(=O)OC(C)(C)C)C1Cc3ccccc3C1)C2(C)C)C(=O)C(=O)NCCC(=O)OC(C)(C)C. The summed E-state index contributed by atoms with van der Waals surface area (Å²) in [6, 6.07) is 5.00. The molecule has 0 bridgehead atoms. The molecule has 4 unspecified atom stereocenters. The maximum atomic E-state index is 14.5. The Labute approximate surface area is 289 Å². The number of carbonyl (C=O) groups is 6. The Hall–Kier alpha value is -3.96. The molecule has 270 valence electrons. The van der Waals surface area contributed by atoms with E-state index < -0.39 is 59.0 Å². The predicted octanol–water partition coefficient (Wildman–Crippen LogP) is 3.48. The fraction of sp³-hybridized carbons (Fsp3) is 0.676. The highest BCUT2D eigenvalue weighted by molar-refractivity contribution is 6.38. The second-order valence-electron chi connectivity index (χ2n) is 16.3. The molecule has 1 saturated heterocycles. The van der Waals surface area contributed by atoms with Crippen LogP contribution in [0.2, 0.25) is 0 Å². The van der Waals surface area contributed by atoms with Crippen LogP contribution in [-0.4, -0.2) is 82.9 Å². The molecule has 12 nitrogen and oxygen atoms in total. The zero-order valence-electron chi connectivity index (χ0n) is 30.4. The molecule has 12 heteroatoms. The topological polar surface area (TPSA) is 160 Å². The zero-order chi connectivity index (χ0) is 36.5. The molecule has 4 amide bonds. The monoisotopic (exact) mass is 682 g/mol. The van der Waals surface area contributed by atoms with Crippen molar-refractivity contribution in [1.29, 1.82) is 0 Å². The number of amides is 4. The first-order valence-electron chi connectivity index (χ1n) is 17.4. The fourth-order valence-corrected chi connectivity index (χ4v) is 7.37. The van der Waals surface area contributed by atoms with Gasteiger partial charge in [0.15, 0.2) is 0 Å². The van der Waals surface area contributed by atoms with Gasteiger partial charge in [-0.3, -0.25) is 24.0 Å². The smallest absolute Gasteiger partial charge is 0.408 e. The van der Waals surface area contributed by atoms with E-state index in [1.54, 1.807) is 46.4 Å². The van der Waals surface area contributed by atoms with Crippen LogP contribution in [0.5, 0.6) is 0 Å². The van der Waals surface area contributed by atoms with Crippen molar-refractivity contribution in [2.24, 2.45) is 23.2 Å². The van der Waals surface area contributed by atoms with Gasteiger partial charge in [-0.1, -0.05) is 51.5 Å². The van der Waals surface area contributed by atoms with Gasteiger partial charge in [0.1, 0.15) is 23.3 Å². The molecule has 1 aromatic carbocycles. The minimum Gasteiger partial charge on any atom is -0.460 e. The number of rotatable bonds is 12. The van der Waals surface area contributed by atoms with Crippen LogP contribution in [0, 0.1) is 23.2 Å². The van der Waals surface area contributed by atoms with Crippen LogP contribution in [0.4, 0.5) is 4.79 Å². The first kappa shape index (κ1) is 37.9. The minimum atomic E-state index is -1.11. The molecule has 4 rings (SSSR count). The predicted molar refractivity (Wildman–Crippen MR) is 182 cm³/mol.